The molecule has 240 valence electrons. The molecule has 0 fully saturated rings. The Hall–Kier alpha value is -4.98. The largest absolute Gasteiger partial charge is 0.534 e. The second kappa shape index (κ2) is 14.2. The van der Waals surface area contributed by atoms with Crippen LogP contribution in [0.25, 0.3) is 31.9 Å². The second-order valence-corrected chi connectivity index (χ2v) is 12.3. The van der Waals surface area contributed by atoms with E-state index in [1.807, 2.05) is 13.0 Å². The SMILES string of the molecule is Cc1ccc(F)nc1.[C-]#[N+]c1cnn2cc(Br)cc(-c3ccc(F)nc3)c12.[C-]#[N+]c1cnn2cc(Br)cc(OS(=O)(=O)C(F)(F)F)c12. The van der Waals surface area contributed by atoms with E-state index in [9.17, 15) is 30.4 Å². The van der Waals surface area contributed by atoms with Gasteiger partial charge in [0.25, 0.3) is 0 Å². The average molecular weight is 798 g/mol. The Kier molecular flexibility index (Phi) is 10.5. The smallest absolute Gasteiger partial charge is 0.375 e. The number of aromatic nitrogens is 6. The number of pyridine rings is 4. The van der Waals surface area contributed by atoms with Crippen LogP contribution in [0, 0.1) is 32.0 Å². The quantitative estimate of drug-likeness (QED) is 0.0583. The summed E-state index contributed by atoms with van der Waals surface area (Å²) < 4.78 is 91.7. The van der Waals surface area contributed by atoms with Gasteiger partial charge in [0.05, 0.1) is 31.1 Å². The van der Waals surface area contributed by atoms with Crippen molar-refractivity contribution >= 4 is 64.4 Å². The highest BCUT2D eigenvalue weighted by Crippen LogP contribution is 2.36. The van der Waals surface area contributed by atoms with Crippen LogP contribution in [0.3, 0.4) is 0 Å². The van der Waals surface area contributed by atoms with Crippen molar-refractivity contribution < 1.29 is 34.6 Å². The van der Waals surface area contributed by atoms with Gasteiger partial charge in [-0.2, -0.15) is 40.6 Å². The molecule has 0 atom stereocenters. The Morgan fingerprint density at radius 1 is 0.809 bits per heavy atom. The van der Waals surface area contributed by atoms with E-state index >= 15 is 0 Å². The molecule has 6 aromatic rings. The first-order valence-corrected chi connectivity index (χ1v) is 15.4. The van der Waals surface area contributed by atoms with Gasteiger partial charge in [0, 0.05) is 39.3 Å². The molecule has 0 saturated heterocycles. The molecular formula is C28H15Br2F5N8O3S. The summed E-state index contributed by atoms with van der Waals surface area (Å²) in [6, 6.07) is 8.82. The van der Waals surface area contributed by atoms with E-state index in [1.165, 1.54) is 36.9 Å². The highest BCUT2D eigenvalue weighted by atomic mass is 79.9. The van der Waals surface area contributed by atoms with Crippen LogP contribution >= 0.6 is 31.9 Å². The van der Waals surface area contributed by atoms with Gasteiger partial charge in [0.1, 0.15) is 5.52 Å². The van der Waals surface area contributed by atoms with Crippen molar-refractivity contribution in [3.05, 3.63) is 123 Å². The molecule has 0 aliphatic heterocycles. The molecule has 11 nitrogen and oxygen atoms in total. The third kappa shape index (κ3) is 8.25. The fourth-order valence-electron chi connectivity index (χ4n) is 3.71. The van der Waals surface area contributed by atoms with Gasteiger partial charge >= 0.3 is 15.6 Å². The molecule has 0 unspecified atom stereocenters. The Labute approximate surface area is 279 Å². The van der Waals surface area contributed by atoms with E-state index in [4.69, 9.17) is 13.1 Å². The number of nitrogens with zero attached hydrogens (tertiary/aromatic N) is 8. The van der Waals surface area contributed by atoms with E-state index in [0.717, 1.165) is 37.9 Å². The lowest BCUT2D eigenvalue weighted by molar-refractivity contribution is -0.0499. The summed E-state index contributed by atoms with van der Waals surface area (Å²) in [5.74, 6) is -1.59. The van der Waals surface area contributed by atoms with Crippen molar-refractivity contribution in [1.29, 1.82) is 0 Å². The van der Waals surface area contributed by atoms with Gasteiger partial charge in [-0.3, -0.25) is 4.52 Å². The number of halogens is 7. The first-order valence-electron chi connectivity index (χ1n) is 12.4. The molecule has 0 aliphatic rings. The number of hydrogen-bond acceptors (Lipinski definition) is 7. The molecule has 0 saturated carbocycles. The summed E-state index contributed by atoms with van der Waals surface area (Å²) in [7, 11) is -5.83. The molecule has 47 heavy (non-hydrogen) atoms. The number of rotatable bonds is 3. The summed E-state index contributed by atoms with van der Waals surface area (Å²) in [5.41, 5.74) is -2.24. The van der Waals surface area contributed by atoms with Crippen LogP contribution in [0.2, 0.25) is 0 Å². The second-order valence-electron chi connectivity index (χ2n) is 8.98. The Morgan fingerprint density at radius 2 is 1.34 bits per heavy atom. The average Bonchev–Trinajstić information content (AvgIpc) is 3.62. The van der Waals surface area contributed by atoms with Gasteiger partial charge < -0.3 is 4.18 Å². The van der Waals surface area contributed by atoms with Crippen molar-refractivity contribution in [2.45, 2.75) is 12.4 Å². The fraction of sp³-hybridized carbons (Fsp3) is 0.0714. The molecule has 0 radical (unpaired) electrons. The van der Waals surface area contributed by atoms with E-state index in [0.29, 0.717) is 11.2 Å². The maximum atomic E-state index is 12.9. The molecule has 19 heteroatoms. The molecule has 6 heterocycles. The van der Waals surface area contributed by atoms with Gasteiger partial charge in [0.2, 0.25) is 23.3 Å². The summed E-state index contributed by atoms with van der Waals surface area (Å²) in [6.45, 7) is 15.9. The molecule has 0 aromatic carbocycles. The number of fused-ring (bicyclic) bond motifs is 2. The first-order chi connectivity index (χ1) is 22.1. The number of hydrogen-bond donors (Lipinski definition) is 0. The van der Waals surface area contributed by atoms with Crippen LogP contribution in [0.4, 0.5) is 33.3 Å². The van der Waals surface area contributed by atoms with Crippen LogP contribution in [-0.4, -0.2) is 43.1 Å². The highest BCUT2D eigenvalue weighted by Gasteiger charge is 2.49. The van der Waals surface area contributed by atoms with E-state index < -0.39 is 33.3 Å². The topological polar surface area (TPSA) is 112 Å². The molecule has 0 spiro atoms. The minimum Gasteiger partial charge on any atom is -0.375 e. The summed E-state index contributed by atoms with van der Waals surface area (Å²) in [6.07, 6.45) is 8.64. The maximum absolute atomic E-state index is 12.9. The molecular weight excluding hydrogens is 783 g/mol. The lowest BCUT2D eigenvalue weighted by Crippen LogP contribution is -2.28. The molecule has 0 aliphatic carbocycles. The third-order valence-electron chi connectivity index (χ3n) is 5.72. The Balaban J connectivity index is 0.000000173. The predicted octanol–water partition coefficient (Wildman–Crippen LogP) is 8.25. The van der Waals surface area contributed by atoms with Crippen LogP contribution in [0.15, 0.2) is 82.5 Å². The molecule has 6 rings (SSSR count). The van der Waals surface area contributed by atoms with Gasteiger partial charge in [-0.05, 0) is 80.2 Å². The Morgan fingerprint density at radius 3 is 1.83 bits per heavy atom. The zero-order chi connectivity index (χ0) is 34.5. The molecule has 0 amide bonds. The van der Waals surface area contributed by atoms with Gasteiger partial charge in [-0.1, -0.05) is 6.07 Å². The van der Waals surface area contributed by atoms with Crippen LogP contribution in [-0.2, 0) is 10.1 Å². The normalized spacial score (nSPS) is 11.1. The number of alkyl halides is 3. The minimum atomic E-state index is -5.83. The minimum absolute atomic E-state index is 0.134. The third-order valence-corrected chi connectivity index (χ3v) is 7.55. The molecule has 0 N–H and O–H groups in total. The van der Waals surface area contributed by atoms with Crippen molar-refractivity contribution in [1.82, 2.24) is 29.2 Å². The lowest BCUT2D eigenvalue weighted by atomic mass is 10.1. The van der Waals surface area contributed by atoms with E-state index in [2.05, 4.69) is 65.9 Å². The zero-order valence-corrected chi connectivity index (χ0v) is 27.3. The van der Waals surface area contributed by atoms with Crippen LogP contribution in [0.1, 0.15) is 5.56 Å². The van der Waals surface area contributed by atoms with Gasteiger partial charge in [0.15, 0.2) is 5.75 Å². The standard InChI is InChI=1S/C13H6BrFN4.C9H3BrF3N3O3S.C6H6FN/c1-16-11-6-18-19-7-9(14)4-10(13(11)19)8-2-3-12(15)17-5-8;1-14-6-3-15-16-4-5(10)2-7(8(6)16)19-20(17,18)9(11,12)13;1-5-2-3-6(7)8-4-5/h2-7H;2-4H;2-4H,1H3. The zero-order valence-electron chi connectivity index (χ0n) is 23.3. The first kappa shape index (κ1) is 34.9. The summed E-state index contributed by atoms with van der Waals surface area (Å²) in [4.78, 5) is 13.5. The van der Waals surface area contributed by atoms with Crippen molar-refractivity contribution in [2.75, 3.05) is 0 Å². The fourth-order valence-corrected chi connectivity index (χ4v) is 4.99. The molecule has 0 bridgehead atoms. The van der Waals surface area contributed by atoms with Crippen LogP contribution < -0.4 is 4.18 Å². The van der Waals surface area contributed by atoms with Gasteiger partial charge in [-0.25, -0.2) is 24.2 Å². The van der Waals surface area contributed by atoms with Crippen molar-refractivity contribution in [3.63, 3.8) is 0 Å². The highest BCUT2D eigenvalue weighted by molar-refractivity contribution is 9.10. The lowest BCUT2D eigenvalue weighted by Gasteiger charge is -2.11. The maximum Gasteiger partial charge on any atom is 0.534 e. The molecule has 6 aromatic heterocycles. The summed E-state index contributed by atoms with van der Waals surface area (Å²) in [5, 5.41) is 7.85. The van der Waals surface area contributed by atoms with E-state index in [1.54, 1.807) is 22.8 Å². The van der Waals surface area contributed by atoms with Gasteiger partial charge in [-0.15, -0.1) is 0 Å². The number of aryl methyl sites for hydroxylation is 1. The predicted molar refractivity (Wildman–Crippen MR) is 166 cm³/mol. The van der Waals surface area contributed by atoms with Crippen molar-refractivity contribution in [2.24, 2.45) is 0 Å². The Bertz CT molecular complexity index is 2240. The van der Waals surface area contributed by atoms with Crippen molar-refractivity contribution in [3.8, 4) is 16.9 Å². The van der Waals surface area contributed by atoms with E-state index in [-0.39, 0.29) is 15.7 Å². The summed E-state index contributed by atoms with van der Waals surface area (Å²) >= 11 is 6.37. The monoisotopic (exact) mass is 796 g/mol. The van der Waals surface area contributed by atoms with Crippen LogP contribution in [0.5, 0.6) is 5.75 Å².